The van der Waals surface area contributed by atoms with Crippen molar-refractivity contribution in [1.29, 1.82) is 0 Å². The lowest BCUT2D eigenvalue weighted by molar-refractivity contribution is 0.330. The molecule has 0 unspecified atom stereocenters. The Hall–Kier alpha value is -2.46. The second-order valence-corrected chi connectivity index (χ2v) is 5.86. The lowest BCUT2D eigenvalue weighted by Gasteiger charge is -2.15. The minimum atomic E-state index is 0.906. The lowest BCUT2D eigenvalue weighted by Crippen LogP contribution is -2.20. The molecule has 4 nitrogen and oxygen atoms in total. The Balaban J connectivity index is 1.62. The highest BCUT2D eigenvalue weighted by Gasteiger charge is 2.09. The van der Waals surface area contributed by atoms with Crippen LogP contribution < -0.4 is 0 Å². The molecule has 118 valence electrons. The molecule has 0 bridgehead atoms. The van der Waals surface area contributed by atoms with Crippen molar-refractivity contribution in [2.45, 2.75) is 19.9 Å². The van der Waals surface area contributed by atoms with E-state index < -0.39 is 0 Å². The van der Waals surface area contributed by atoms with Crippen molar-refractivity contribution in [3.63, 3.8) is 0 Å². The van der Waals surface area contributed by atoms with Crippen LogP contribution in [0.25, 0.3) is 5.69 Å². The van der Waals surface area contributed by atoms with Gasteiger partial charge in [0.2, 0.25) is 0 Å². The largest absolute Gasteiger partial charge is 0.302 e. The van der Waals surface area contributed by atoms with Gasteiger partial charge in [0.05, 0.1) is 11.4 Å². The van der Waals surface area contributed by atoms with Gasteiger partial charge in [-0.3, -0.25) is 4.98 Å². The average molecular weight is 306 g/mol. The fourth-order valence-corrected chi connectivity index (χ4v) is 2.60. The molecule has 0 saturated carbocycles. The van der Waals surface area contributed by atoms with E-state index in [1.807, 2.05) is 35.3 Å². The van der Waals surface area contributed by atoms with E-state index in [0.717, 1.165) is 30.9 Å². The fourth-order valence-electron chi connectivity index (χ4n) is 2.60. The van der Waals surface area contributed by atoms with Crippen LogP contribution >= 0.6 is 0 Å². The summed E-state index contributed by atoms with van der Waals surface area (Å²) in [5.74, 6) is 0. The molecule has 1 aromatic carbocycles. The zero-order valence-electron chi connectivity index (χ0n) is 13.7. The Morgan fingerprint density at radius 1 is 1.04 bits per heavy atom. The number of rotatable bonds is 6. The highest BCUT2D eigenvalue weighted by Crippen LogP contribution is 2.13. The topological polar surface area (TPSA) is 34.0 Å². The number of nitrogens with zero attached hydrogens (tertiary/aromatic N) is 4. The van der Waals surface area contributed by atoms with Crippen LogP contribution in [0.3, 0.4) is 0 Å². The van der Waals surface area contributed by atoms with Crippen molar-refractivity contribution in [2.24, 2.45) is 0 Å². The van der Waals surface area contributed by atoms with Crippen molar-refractivity contribution < 1.29 is 0 Å². The summed E-state index contributed by atoms with van der Waals surface area (Å²) in [5, 5.41) is 4.63. The zero-order chi connectivity index (χ0) is 16.1. The Labute approximate surface area is 137 Å². The van der Waals surface area contributed by atoms with Crippen LogP contribution in [0.5, 0.6) is 0 Å². The average Bonchev–Trinajstić information content (AvgIpc) is 2.95. The van der Waals surface area contributed by atoms with Crippen LogP contribution in [0.15, 0.2) is 61.1 Å². The quantitative estimate of drug-likeness (QED) is 0.701. The molecule has 23 heavy (non-hydrogen) atoms. The molecule has 0 amide bonds. The van der Waals surface area contributed by atoms with E-state index in [4.69, 9.17) is 0 Å². The minimum absolute atomic E-state index is 0.906. The first kappa shape index (κ1) is 15.4. The third-order valence-electron chi connectivity index (χ3n) is 3.99. The zero-order valence-corrected chi connectivity index (χ0v) is 13.7. The van der Waals surface area contributed by atoms with E-state index >= 15 is 0 Å². The molecule has 0 aliphatic heterocycles. The number of hydrogen-bond donors (Lipinski definition) is 0. The van der Waals surface area contributed by atoms with Gasteiger partial charge in [-0.05, 0) is 50.2 Å². The molecule has 2 heterocycles. The molecule has 0 saturated heterocycles. The van der Waals surface area contributed by atoms with Crippen LogP contribution in [0.4, 0.5) is 0 Å². The highest BCUT2D eigenvalue weighted by molar-refractivity contribution is 5.32. The maximum absolute atomic E-state index is 4.63. The third-order valence-corrected chi connectivity index (χ3v) is 3.99. The second-order valence-electron chi connectivity index (χ2n) is 5.86. The second kappa shape index (κ2) is 7.20. The smallest absolute Gasteiger partial charge is 0.0645 e. The predicted octanol–water partition coefficient (Wildman–Crippen LogP) is 3.25. The molecule has 0 aliphatic rings. The van der Waals surface area contributed by atoms with Gasteiger partial charge < -0.3 is 4.90 Å². The van der Waals surface area contributed by atoms with Crippen LogP contribution in [0.1, 0.15) is 16.8 Å². The van der Waals surface area contributed by atoms with Gasteiger partial charge in [-0.1, -0.05) is 18.2 Å². The molecule has 4 heteroatoms. The van der Waals surface area contributed by atoms with Gasteiger partial charge in [0, 0.05) is 37.2 Å². The van der Waals surface area contributed by atoms with Crippen molar-refractivity contribution >= 4 is 0 Å². The van der Waals surface area contributed by atoms with Gasteiger partial charge in [-0.15, -0.1) is 0 Å². The van der Waals surface area contributed by atoms with Gasteiger partial charge in [-0.2, -0.15) is 5.10 Å². The molecule has 3 rings (SSSR count). The molecule has 3 aromatic rings. The van der Waals surface area contributed by atoms with E-state index in [1.165, 1.54) is 11.1 Å². The Morgan fingerprint density at radius 2 is 1.78 bits per heavy atom. The van der Waals surface area contributed by atoms with Gasteiger partial charge in [0.25, 0.3) is 0 Å². The van der Waals surface area contributed by atoms with Gasteiger partial charge in [0.15, 0.2) is 0 Å². The lowest BCUT2D eigenvalue weighted by atomic mass is 10.2. The number of para-hydroxylation sites is 1. The summed E-state index contributed by atoms with van der Waals surface area (Å²) in [6, 6.07) is 14.4. The van der Waals surface area contributed by atoms with Crippen LogP contribution in [-0.4, -0.2) is 33.3 Å². The number of aryl methyl sites for hydroxylation is 1. The van der Waals surface area contributed by atoms with Crippen molar-refractivity contribution in [3.8, 4) is 5.69 Å². The van der Waals surface area contributed by atoms with E-state index in [2.05, 4.69) is 59.4 Å². The summed E-state index contributed by atoms with van der Waals surface area (Å²) in [6.45, 7) is 4.00. The summed E-state index contributed by atoms with van der Waals surface area (Å²) in [4.78, 5) is 6.39. The number of pyridine rings is 1. The molecule has 0 spiro atoms. The van der Waals surface area contributed by atoms with Gasteiger partial charge in [-0.25, -0.2) is 4.68 Å². The predicted molar refractivity (Wildman–Crippen MR) is 92.6 cm³/mol. The van der Waals surface area contributed by atoms with Gasteiger partial charge in [0.1, 0.15) is 0 Å². The molecule has 2 aromatic heterocycles. The maximum atomic E-state index is 4.63. The van der Waals surface area contributed by atoms with Gasteiger partial charge >= 0.3 is 0 Å². The number of benzene rings is 1. The van der Waals surface area contributed by atoms with Crippen LogP contribution in [-0.2, 0) is 13.0 Å². The fraction of sp³-hybridized carbons (Fsp3) is 0.263. The van der Waals surface area contributed by atoms with E-state index in [1.54, 1.807) is 0 Å². The van der Waals surface area contributed by atoms with Crippen LogP contribution in [0.2, 0.25) is 0 Å². The Kier molecular flexibility index (Phi) is 4.83. The van der Waals surface area contributed by atoms with Crippen molar-refractivity contribution in [1.82, 2.24) is 19.7 Å². The normalized spacial score (nSPS) is 11.1. The van der Waals surface area contributed by atoms with Crippen molar-refractivity contribution in [3.05, 3.63) is 77.9 Å². The highest BCUT2D eigenvalue weighted by atomic mass is 15.3. The molecular weight excluding hydrogens is 284 g/mol. The summed E-state index contributed by atoms with van der Waals surface area (Å²) < 4.78 is 1.96. The Morgan fingerprint density at radius 3 is 2.52 bits per heavy atom. The SMILES string of the molecule is Cc1nn(-c2ccccc2)cc1CN(C)CCc1ccncc1. The number of aromatic nitrogens is 3. The standard InChI is InChI=1S/C19H22N4/c1-16-18(15-23(21-16)19-6-4-3-5-7-19)14-22(2)13-10-17-8-11-20-12-9-17/h3-9,11-12,15H,10,13-14H2,1-2H3. The third kappa shape index (κ3) is 4.05. The number of likely N-dealkylation sites (N-methyl/N-ethyl adjacent to an activating group) is 1. The first-order valence-electron chi connectivity index (χ1n) is 7.90. The molecule has 0 fully saturated rings. The van der Waals surface area contributed by atoms with E-state index in [0.29, 0.717) is 0 Å². The van der Waals surface area contributed by atoms with E-state index in [9.17, 15) is 0 Å². The molecular formula is C19H22N4. The summed E-state index contributed by atoms with van der Waals surface area (Å²) in [7, 11) is 2.15. The minimum Gasteiger partial charge on any atom is -0.302 e. The number of hydrogen-bond acceptors (Lipinski definition) is 3. The Bertz CT molecular complexity index is 735. The summed E-state index contributed by atoms with van der Waals surface area (Å²) in [5.41, 5.74) is 4.78. The molecule has 0 aliphatic carbocycles. The monoisotopic (exact) mass is 306 g/mol. The summed E-state index contributed by atoms with van der Waals surface area (Å²) in [6.07, 6.45) is 6.87. The van der Waals surface area contributed by atoms with E-state index in [-0.39, 0.29) is 0 Å². The van der Waals surface area contributed by atoms with Crippen molar-refractivity contribution in [2.75, 3.05) is 13.6 Å². The van der Waals surface area contributed by atoms with Crippen LogP contribution in [0, 0.1) is 6.92 Å². The molecule has 0 radical (unpaired) electrons. The molecule has 0 atom stereocenters. The first-order chi connectivity index (χ1) is 11.2. The summed E-state index contributed by atoms with van der Waals surface area (Å²) >= 11 is 0. The first-order valence-corrected chi connectivity index (χ1v) is 7.90. The molecule has 0 N–H and O–H groups in total. The maximum Gasteiger partial charge on any atom is 0.0645 e.